The molecule has 6 rings (SSSR count). The van der Waals surface area contributed by atoms with Crippen LogP contribution in [-0.2, 0) is 14.9 Å². The molecule has 0 saturated heterocycles. The summed E-state index contributed by atoms with van der Waals surface area (Å²) < 4.78 is 21.8. The Morgan fingerprint density at radius 2 is 1.12 bits per heavy atom. The second-order valence-electron chi connectivity index (χ2n) is 10.2. The maximum absolute atomic E-state index is 12.5. The van der Waals surface area contributed by atoms with Gasteiger partial charge in [0, 0.05) is 17.4 Å². The smallest absolute Gasteiger partial charge is 0.350 e. The zero-order chi connectivity index (χ0) is 28.7. The Balaban J connectivity index is 1.20. The molecule has 0 fully saturated rings. The van der Waals surface area contributed by atoms with Crippen LogP contribution in [0.1, 0.15) is 72.8 Å². The number of carbonyl (C=O) groups is 4. The predicted octanol–water partition coefficient (Wildman–Crippen LogP) is 6.65. The summed E-state index contributed by atoms with van der Waals surface area (Å²) in [6, 6.07) is 24.7. The minimum atomic E-state index is -0.721. The van der Waals surface area contributed by atoms with Crippen molar-refractivity contribution in [2.24, 2.45) is 0 Å². The number of Topliss-reactive ketones (excluding diaryl/α,β-unsaturated/α-hetero) is 1. The minimum Gasteiger partial charge on any atom is -0.461 e. The monoisotopic (exact) mass is 548 g/mol. The molecule has 4 aromatic rings. The average molecular weight is 549 g/mol. The van der Waals surface area contributed by atoms with Gasteiger partial charge in [-0.05, 0) is 53.6 Å². The van der Waals surface area contributed by atoms with E-state index in [4.69, 9.17) is 18.9 Å². The molecule has 2 heterocycles. The molecular weight excluding hydrogens is 524 g/mol. The summed E-state index contributed by atoms with van der Waals surface area (Å²) in [6.07, 6.45) is 0.142. The Morgan fingerprint density at radius 3 is 1.68 bits per heavy atom. The van der Waals surface area contributed by atoms with Gasteiger partial charge < -0.3 is 18.9 Å². The topological polar surface area (TPSA) is 105 Å². The van der Waals surface area contributed by atoms with E-state index in [1.54, 1.807) is 42.5 Å². The molecule has 0 unspecified atom stereocenters. The molecule has 41 heavy (non-hydrogen) atoms. The summed E-state index contributed by atoms with van der Waals surface area (Å²) in [5, 5.41) is 0. The van der Waals surface area contributed by atoms with Crippen molar-refractivity contribution in [2.45, 2.75) is 25.7 Å². The van der Waals surface area contributed by atoms with E-state index in [2.05, 4.69) is 13.8 Å². The molecule has 2 aliphatic rings. The number of ketones is 1. The maximum atomic E-state index is 12.5. The van der Waals surface area contributed by atoms with Crippen molar-refractivity contribution in [1.29, 1.82) is 0 Å². The van der Waals surface area contributed by atoms with Gasteiger partial charge in [0.2, 0.25) is 0 Å². The number of fused-ring (bicyclic) bond motifs is 2. The highest BCUT2D eigenvalue weighted by Crippen LogP contribution is 2.37. The highest BCUT2D eigenvalue weighted by atomic mass is 16.6. The van der Waals surface area contributed by atoms with Crippen molar-refractivity contribution in [3.05, 3.63) is 118 Å². The molecule has 4 aromatic carbocycles. The van der Waals surface area contributed by atoms with Crippen LogP contribution >= 0.6 is 0 Å². The van der Waals surface area contributed by atoms with Crippen molar-refractivity contribution in [3.8, 4) is 23.0 Å². The molecule has 8 nitrogen and oxygen atoms in total. The van der Waals surface area contributed by atoms with E-state index in [-0.39, 0.29) is 52.4 Å². The molecule has 0 saturated carbocycles. The second kappa shape index (κ2) is 10.1. The lowest BCUT2D eigenvalue weighted by Crippen LogP contribution is -2.18. The lowest BCUT2D eigenvalue weighted by Gasteiger charge is -2.26. The van der Waals surface area contributed by atoms with E-state index in [0.717, 1.165) is 11.1 Å². The van der Waals surface area contributed by atoms with Crippen LogP contribution < -0.4 is 9.47 Å². The number of cyclic esters (lactones) is 3. The molecule has 204 valence electrons. The molecule has 0 atom stereocenters. The fraction of sp³-hybridized carbons (Fsp3) is 0.152. The Labute approximate surface area is 235 Å². The molecule has 0 spiro atoms. The van der Waals surface area contributed by atoms with Crippen LogP contribution in [0, 0.1) is 0 Å². The number of ether oxygens (including phenoxy) is 4. The van der Waals surface area contributed by atoms with Gasteiger partial charge in [-0.25, -0.2) is 14.4 Å². The number of hydrogen-bond donors (Lipinski definition) is 0. The van der Waals surface area contributed by atoms with E-state index in [1.165, 1.54) is 6.07 Å². The highest BCUT2D eigenvalue weighted by molar-refractivity contribution is 6.16. The number of esters is 3. The normalized spacial score (nSPS) is 14.5. The SMILES string of the molecule is CC(C)(c1ccc(Oc2cccc3c2C(=O)OCCC3=O)cc1)c1ccc(Oc2cccc3c2C(=O)OC3=O)cc1. The molecule has 8 heteroatoms. The third-order valence-corrected chi connectivity index (χ3v) is 7.34. The fourth-order valence-corrected chi connectivity index (χ4v) is 4.99. The summed E-state index contributed by atoms with van der Waals surface area (Å²) in [4.78, 5) is 48.8. The van der Waals surface area contributed by atoms with E-state index < -0.39 is 17.9 Å². The number of carbonyl (C=O) groups excluding carboxylic acids is 4. The molecule has 2 aliphatic heterocycles. The molecule has 0 radical (unpaired) electrons. The lowest BCUT2D eigenvalue weighted by molar-refractivity contribution is 0.0439. The van der Waals surface area contributed by atoms with Crippen LogP contribution in [0.3, 0.4) is 0 Å². The Hall–Kier alpha value is -5.24. The first-order valence-electron chi connectivity index (χ1n) is 13.0. The summed E-state index contributed by atoms with van der Waals surface area (Å²) in [7, 11) is 0. The molecular formula is C33H24O8. The van der Waals surface area contributed by atoms with E-state index >= 15 is 0 Å². The Bertz CT molecular complexity index is 1720. The third-order valence-electron chi connectivity index (χ3n) is 7.34. The van der Waals surface area contributed by atoms with E-state index in [0.29, 0.717) is 17.1 Å². The highest BCUT2D eigenvalue weighted by Gasteiger charge is 2.33. The zero-order valence-electron chi connectivity index (χ0n) is 22.3. The van der Waals surface area contributed by atoms with Gasteiger partial charge in [0.15, 0.2) is 5.78 Å². The van der Waals surface area contributed by atoms with Gasteiger partial charge in [0.1, 0.15) is 34.1 Å². The summed E-state index contributed by atoms with van der Waals surface area (Å²) >= 11 is 0. The number of rotatable bonds is 6. The molecule has 0 aromatic heterocycles. The van der Waals surface area contributed by atoms with Crippen LogP contribution in [0.5, 0.6) is 23.0 Å². The van der Waals surface area contributed by atoms with Crippen LogP contribution in [0.25, 0.3) is 0 Å². The Morgan fingerprint density at radius 1 is 0.610 bits per heavy atom. The van der Waals surface area contributed by atoms with Gasteiger partial charge in [-0.15, -0.1) is 0 Å². The molecule has 0 amide bonds. The summed E-state index contributed by atoms with van der Waals surface area (Å²) in [5.74, 6) is -0.582. The molecule has 0 aliphatic carbocycles. The maximum Gasteiger partial charge on any atom is 0.350 e. The summed E-state index contributed by atoms with van der Waals surface area (Å²) in [6.45, 7) is 4.22. The first-order valence-corrected chi connectivity index (χ1v) is 13.0. The largest absolute Gasteiger partial charge is 0.461 e. The lowest BCUT2D eigenvalue weighted by atomic mass is 9.78. The number of hydrogen-bond acceptors (Lipinski definition) is 8. The van der Waals surface area contributed by atoms with Gasteiger partial charge >= 0.3 is 17.9 Å². The first-order chi connectivity index (χ1) is 19.7. The predicted molar refractivity (Wildman–Crippen MR) is 147 cm³/mol. The van der Waals surface area contributed by atoms with Gasteiger partial charge in [0.25, 0.3) is 0 Å². The van der Waals surface area contributed by atoms with Crippen LogP contribution in [0.2, 0.25) is 0 Å². The van der Waals surface area contributed by atoms with E-state index in [9.17, 15) is 19.2 Å². The van der Waals surface area contributed by atoms with Crippen molar-refractivity contribution in [3.63, 3.8) is 0 Å². The van der Waals surface area contributed by atoms with Gasteiger partial charge in [-0.3, -0.25) is 4.79 Å². The second-order valence-corrected chi connectivity index (χ2v) is 10.2. The van der Waals surface area contributed by atoms with Gasteiger partial charge in [0.05, 0.1) is 12.2 Å². The Kier molecular flexibility index (Phi) is 6.38. The zero-order valence-corrected chi connectivity index (χ0v) is 22.3. The van der Waals surface area contributed by atoms with Gasteiger partial charge in [-0.1, -0.05) is 56.3 Å². The molecule has 0 bridgehead atoms. The fourth-order valence-electron chi connectivity index (χ4n) is 4.99. The summed E-state index contributed by atoms with van der Waals surface area (Å²) in [5.41, 5.74) is 2.41. The number of benzene rings is 4. The first kappa shape index (κ1) is 26.0. The minimum absolute atomic E-state index is 0.0482. The van der Waals surface area contributed by atoms with Crippen LogP contribution in [0.15, 0.2) is 84.9 Å². The average Bonchev–Trinajstić information content (AvgIpc) is 3.18. The standard InChI is InChI=1S/C33H24O8/c1-33(2,20-11-15-22(16-12-20)40-27-8-4-6-24-29(27)32(37)41-30(24)35)19-9-13-21(14-10-19)39-26-7-3-5-23-25(34)17-18-38-31(36)28(23)26/h3-16H,17-18H2,1-2H3. The van der Waals surface area contributed by atoms with Crippen molar-refractivity contribution in [1.82, 2.24) is 0 Å². The van der Waals surface area contributed by atoms with Gasteiger partial charge in [-0.2, -0.15) is 0 Å². The quantitative estimate of drug-likeness (QED) is 0.195. The van der Waals surface area contributed by atoms with Crippen molar-refractivity contribution < 1.29 is 38.1 Å². The van der Waals surface area contributed by atoms with Crippen molar-refractivity contribution >= 4 is 23.7 Å². The third kappa shape index (κ3) is 4.74. The van der Waals surface area contributed by atoms with E-state index in [1.807, 2.05) is 36.4 Å². The van der Waals surface area contributed by atoms with Crippen LogP contribution in [-0.4, -0.2) is 30.3 Å². The van der Waals surface area contributed by atoms with Crippen LogP contribution in [0.4, 0.5) is 0 Å². The molecule has 0 N–H and O–H groups in total. The van der Waals surface area contributed by atoms with Crippen molar-refractivity contribution in [2.75, 3.05) is 6.61 Å².